The van der Waals surface area contributed by atoms with E-state index < -0.39 is 0 Å². The van der Waals surface area contributed by atoms with E-state index in [1.165, 1.54) is 30.4 Å². The lowest BCUT2D eigenvalue weighted by molar-refractivity contribution is 0.0569. The van der Waals surface area contributed by atoms with E-state index in [0.717, 1.165) is 13.0 Å². The first-order valence-corrected chi connectivity index (χ1v) is 7.55. The first-order valence-electron chi connectivity index (χ1n) is 7.55. The molecule has 2 nitrogen and oxygen atoms in total. The molecule has 2 heteroatoms. The zero-order chi connectivity index (χ0) is 13.9. The number of aryl methyl sites for hydroxylation is 1. The molecule has 1 atom stereocenters. The second-order valence-corrected chi connectivity index (χ2v) is 6.22. The van der Waals surface area contributed by atoms with E-state index in [9.17, 15) is 0 Å². The van der Waals surface area contributed by atoms with Gasteiger partial charge in [-0.1, -0.05) is 36.8 Å². The SMILES string of the molecule is CCC(NCC1(N(C)C)CCC1)c1ccc(C)cc1. The number of hydrogen-bond acceptors (Lipinski definition) is 2. The zero-order valence-corrected chi connectivity index (χ0v) is 12.9. The van der Waals surface area contributed by atoms with Gasteiger partial charge >= 0.3 is 0 Å². The maximum Gasteiger partial charge on any atom is 0.0328 e. The lowest BCUT2D eigenvalue weighted by Gasteiger charge is -2.48. The van der Waals surface area contributed by atoms with Gasteiger partial charge in [0.05, 0.1) is 0 Å². The third-order valence-corrected chi connectivity index (χ3v) is 4.80. The predicted octanol–water partition coefficient (Wildman–Crippen LogP) is 3.52. The topological polar surface area (TPSA) is 15.3 Å². The van der Waals surface area contributed by atoms with Crippen LogP contribution in [0.25, 0.3) is 0 Å². The Kier molecular flexibility index (Phi) is 4.64. The number of nitrogens with zero attached hydrogens (tertiary/aromatic N) is 1. The summed E-state index contributed by atoms with van der Waals surface area (Å²) in [5.41, 5.74) is 3.15. The van der Waals surface area contributed by atoms with Gasteiger partial charge in [0.2, 0.25) is 0 Å². The molecule has 19 heavy (non-hydrogen) atoms. The highest BCUT2D eigenvalue weighted by Gasteiger charge is 2.38. The maximum absolute atomic E-state index is 3.79. The van der Waals surface area contributed by atoms with Gasteiger partial charge in [-0.15, -0.1) is 0 Å². The quantitative estimate of drug-likeness (QED) is 0.842. The minimum atomic E-state index is 0.401. The fourth-order valence-electron chi connectivity index (χ4n) is 2.98. The molecule has 1 aromatic carbocycles. The van der Waals surface area contributed by atoms with Crippen LogP contribution in [0.15, 0.2) is 24.3 Å². The fraction of sp³-hybridized carbons (Fsp3) is 0.647. The molecule has 1 unspecified atom stereocenters. The first-order chi connectivity index (χ1) is 9.07. The van der Waals surface area contributed by atoms with Crippen LogP contribution < -0.4 is 5.32 Å². The molecule has 0 amide bonds. The smallest absolute Gasteiger partial charge is 0.0328 e. The molecule has 0 saturated heterocycles. The van der Waals surface area contributed by atoms with Gasteiger partial charge in [-0.05, 0) is 52.3 Å². The largest absolute Gasteiger partial charge is 0.308 e. The van der Waals surface area contributed by atoms with Crippen molar-refractivity contribution in [3.05, 3.63) is 35.4 Å². The average molecular weight is 260 g/mol. The van der Waals surface area contributed by atoms with Crippen molar-refractivity contribution in [2.45, 2.75) is 51.1 Å². The summed E-state index contributed by atoms with van der Waals surface area (Å²) >= 11 is 0. The highest BCUT2D eigenvalue weighted by Crippen LogP contribution is 2.36. The van der Waals surface area contributed by atoms with Crippen molar-refractivity contribution in [2.75, 3.05) is 20.6 Å². The first kappa shape index (κ1) is 14.5. The molecule has 1 N–H and O–H groups in total. The molecule has 0 bridgehead atoms. The normalized spacial score (nSPS) is 19.2. The van der Waals surface area contributed by atoms with E-state index >= 15 is 0 Å². The standard InChI is InChI=1S/C17H28N2/c1-5-16(15-9-7-14(2)8-10-15)18-13-17(19(3)4)11-6-12-17/h7-10,16,18H,5-6,11-13H2,1-4H3. The van der Waals surface area contributed by atoms with Crippen LogP contribution in [0.1, 0.15) is 49.8 Å². The summed E-state index contributed by atoms with van der Waals surface area (Å²) in [6.07, 6.45) is 5.18. The van der Waals surface area contributed by atoms with Gasteiger partial charge < -0.3 is 10.2 Å². The van der Waals surface area contributed by atoms with Crippen LogP contribution in [0.3, 0.4) is 0 Å². The van der Waals surface area contributed by atoms with Crippen molar-refractivity contribution in [1.82, 2.24) is 10.2 Å². The molecule has 1 aliphatic rings. The molecule has 106 valence electrons. The Labute approximate surface area is 118 Å². The van der Waals surface area contributed by atoms with Crippen molar-refractivity contribution in [2.24, 2.45) is 0 Å². The van der Waals surface area contributed by atoms with Crippen molar-refractivity contribution in [3.63, 3.8) is 0 Å². The van der Waals surface area contributed by atoms with Gasteiger partial charge in [-0.3, -0.25) is 0 Å². The summed E-state index contributed by atoms with van der Waals surface area (Å²) < 4.78 is 0. The minimum absolute atomic E-state index is 0.401. The predicted molar refractivity (Wildman–Crippen MR) is 82.5 cm³/mol. The molecule has 1 fully saturated rings. The van der Waals surface area contributed by atoms with E-state index in [-0.39, 0.29) is 0 Å². The lowest BCUT2D eigenvalue weighted by atomic mass is 9.75. The van der Waals surface area contributed by atoms with Crippen LogP contribution in [0.5, 0.6) is 0 Å². The Balaban J connectivity index is 1.98. The highest BCUT2D eigenvalue weighted by molar-refractivity contribution is 5.24. The number of likely N-dealkylation sites (N-methyl/N-ethyl adjacent to an activating group) is 1. The van der Waals surface area contributed by atoms with Crippen LogP contribution in [-0.4, -0.2) is 31.1 Å². The summed E-state index contributed by atoms with van der Waals surface area (Å²) in [6.45, 7) is 5.51. The van der Waals surface area contributed by atoms with Crippen molar-refractivity contribution in [3.8, 4) is 0 Å². The zero-order valence-electron chi connectivity index (χ0n) is 12.9. The summed E-state index contributed by atoms with van der Waals surface area (Å²) in [5, 5.41) is 3.79. The van der Waals surface area contributed by atoms with E-state index in [1.807, 2.05) is 0 Å². The average Bonchev–Trinajstić information content (AvgIpc) is 2.34. The molecule has 0 aliphatic heterocycles. The molecule has 0 radical (unpaired) electrons. The van der Waals surface area contributed by atoms with Gasteiger partial charge in [0.25, 0.3) is 0 Å². The second-order valence-electron chi connectivity index (χ2n) is 6.22. The number of nitrogens with one attached hydrogen (secondary N) is 1. The molecule has 0 heterocycles. The Morgan fingerprint density at radius 3 is 2.26 bits per heavy atom. The molecule has 1 aromatic rings. The minimum Gasteiger partial charge on any atom is -0.308 e. The summed E-state index contributed by atoms with van der Waals surface area (Å²) in [7, 11) is 4.43. The molecule has 1 saturated carbocycles. The molecular weight excluding hydrogens is 232 g/mol. The number of rotatable bonds is 6. The second kappa shape index (κ2) is 6.06. The van der Waals surface area contributed by atoms with E-state index in [4.69, 9.17) is 0 Å². The molecule has 1 aliphatic carbocycles. The number of hydrogen-bond donors (Lipinski definition) is 1. The maximum atomic E-state index is 3.79. The van der Waals surface area contributed by atoms with E-state index in [2.05, 4.69) is 62.4 Å². The van der Waals surface area contributed by atoms with Crippen molar-refractivity contribution in [1.29, 1.82) is 0 Å². The molecular formula is C17H28N2. The van der Waals surface area contributed by atoms with Gasteiger partial charge in [0.1, 0.15) is 0 Å². The van der Waals surface area contributed by atoms with Crippen molar-refractivity contribution >= 4 is 0 Å². The Bertz CT molecular complexity index is 390. The van der Waals surface area contributed by atoms with Crippen LogP contribution >= 0.6 is 0 Å². The Morgan fingerprint density at radius 2 is 1.84 bits per heavy atom. The summed E-state index contributed by atoms with van der Waals surface area (Å²) in [5.74, 6) is 0. The summed E-state index contributed by atoms with van der Waals surface area (Å²) in [6, 6.07) is 9.44. The third kappa shape index (κ3) is 3.18. The van der Waals surface area contributed by atoms with E-state index in [0.29, 0.717) is 11.6 Å². The van der Waals surface area contributed by atoms with Gasteiger partial charge in [-0.2, -0.15) is 0 Å². The van der Waals surface area contributed by atoms with Crippen LogP contribution in [0, 0.1) is 6.92 Å². The Morgan fingerprint density at radius 1 is 1.21 bits per heavy atom. The van der Waals surface area contributed by atoms with Gasteiger partial charge in [0.15, 0.2) is 0 Å². The molecule has 0 spiro atoms. The molecule has 2 rings (SSSR count). The highest BCUT2D eigenvalue weighted by atomic mass is 15.2. The monoisotopic (exact) mass is 260 g/mol. The molecule has 0 aromatic heterocycles. The number of benzene rings is 1. The Hall–Kier alpha value is -0.860. The van der Waals surface area contributed by atoms with E-state index in [1.54, 1.807) is 0 Å². The van der Waals surface area contributed by atoms with Gasteiger partial charge in [0, 0.05) is 18.1 Å². The summed E-state index contributed by atoms with van der Waals surface area (Å²) in [4.78, 5) is 2.41. The van der Waals surface area contributed by atoms with Crippen LogP contribution in [0.4, 0.5) is 0 Å². The third-order valence-electron chi connectivity index (χ3n) is 4.80. The lowest BCUT2D eigenvalue weighted by Crippen LogP contribution is -2.56. The van der Waals surface area contributed by atoms with Gasteiger partial charge in [-0.25, -0.2) is 0 Å². The van der Waals surface area contributed by atoms with Crippen LogP contribution in [-0.2, 0) is 0 Å². The van der Waals surface area contributed by atoms with Crippen LogP contribution in [0.2, 0.25) is 0 Å². The van der Waals surface area contributed by atoms with Crippen molar-refractivity contribution < 1.29 is 0 Å². The fourth-order valence-corrected chi connectivity index (χ4v) is 2.98.